The summed E-state index contributed by atoms with van der Waals surface area (Å²) in [6.07, 6.45) is 1.12. The smallest absolute Gasteiger partial charge is 0.407 e. The first-order valence-corrected chi connectivity index (χ1v) is 7.41. The second-order valence-electron chi connectivity index (χ2n) is 4.85. The molecule has 2 N–H and O–H groups in total. The summed E-state index contributed by atoms with van der Waals surface area (Å²) in [5.41, 5.74) is 0.984. The van der Waals surface area contributed by atoms with Crippen molar-refractivity contribution in [2.24, 2.45) is 0 Å². The molecule has 0 saturated heterocycles. The standard InChI is InChI=1S/C16H24N2O4/c1-3-4-10-22-16(20)18-14(12-21-2)15(19)17-11-13-8-6-5-7-9-13/h5-9,14H,3-4,10-12H2,1-2H3,(H,17,19)(H,18,20). The quantitative estimate of drug-likeness (QED) is 0.683. The van der Waals surface area contributed by atoms with Crippen LogP contribution in [0.2, 0.25) is 0 Å². The first-order valence-electron chi connectivity index (χ1n) is 7.41. The predicted molar refractivity (Wildman–Crippen MR) is 83.3 cm³/mol. The van der Waals surface area contributed by atoms with E-state index in [1.807, 2.05) is 37.3 Å². The van der Waals surface area contributed by atoms with Gasteiger partial charge in [-0.2, -0.15) is 0 Å². The summed E-state index contributed by atoms with van der Waals surface area (Å²) in [4.78, 5) is 23.7. The van der Waals surface area contributed by atoms with E-state index < -0.39 is 12.1 Å². The van der Waals surface area contributed by atoms with Crippen LogP contribution in [-0.2, 0) is 20.8 Å². The van der Waals surface area contributed by atoms with Crippen LogP contribution < -0.4 is 10.6 Å². The van der Waals surface area contributed by atoms with Crippen LogP contribution in [0.15, 0.2) is 30.3 Å². The van der Waals surface area contributed by atoms with Gasteiger partial charge in [-0.05, 0) is 12.0 Å². The largest absolute Gasteiger partial charge is 0.450 e. The molecule has 1 rings (SSSR count). The van der Waals surface area contributed by atoms with Crippen LogP contribution in [0.1, 0.15) is 25.3 Å². The van der Waals surface area contributed by atoms with Crippen LogP contribution in [0.25, 0.3) is 0 Å². The van der Waals surface area contributed by atoms with E-state index in [1.54, 1.807) is 0 Å². The van der Waals surface area contributed by atoms with Gasteiger partial charge in [-0.25, -0.2) is 4.79 Å². The van der Waals surface area contributed by atoms with Gasteiger partial charge in [0.05, 0.1) is 13.2 Å². The monoisotopic (exact) mass is 308 g/mol. The number of rotatable bonds is 9. The van der Waals surface area contributed by atoms with Crippen molar-refractivity contribution in [2.45, 2.75) is 32.4 Å². The summed E-state index contributed by atoms with van der Waals surface area (Å²) < 4.78 is 9.96. The van der Waals surface area contributed by atoms with Crippen LogP contribution in [0, 0.1) is 0 Å². The lowest BCUT2D eigenvalue weighted by Crippen LogP contribution is -2.49. The highest BCUT2D eigenvalue weighted by atomic mass is 16.5. The molecule has 0 bridgehead atoms. The number of carbonyl (C=O) groups is 2. The minimum Gasteiger partial charge on any atom is -0.450 e. The van der Waals surface area contributed by atoms with Crippen molar-refractivity contribution < 1.29 is 19.1 Å². The van der Waals surface area contributed by atoms with Gasteiger partial charge >= 0.3 is 6.09 Å². The Balaban J connectivity index is 2.43. The van der Waals surface area contributed by atoms with Gasteiger partial charge < -0.3 is 20.1 Å². The van der Waals surface area contributed by atoms with Crippen molar-refractivity contribution in [1.82, 2.24) is 10.6 Å². The van der Waals surface area contributed by atoms with Gasteiger partial charge in [0.25, 0.3) is 0 Å². The van der Waals surface area contributed by atoms with Gasteiger partial charge in [0, 0.05) is 13.7 Å². The van der Waals surface area contributed by atoms with Crippen molar-refractivity contribution in [1.29, 1.82) is 0 Å². The highest BCUT2D eigenvalue weighted by Crippen LogP contribution is 1.98. The van der Waals surface area contributed by atoms with E-state index in [2.05, 4.69) is 10.6 Å². The molecule has 0 heterocycles. The summed E-state index contributed by atoms with van der Waals surface area (Å²) in [5, 5.41) is 5.28. The molecule has 0 aromatic heterocycles. The number of carbonyl (C=O) groups excluding carboxylic acids is 2. The summed E-state index contributed by atoms with van der Waals surface area (Å²) in [7, 11) is 1.47. The Morgan fingerprint density at radius 3 is 2.59 bits per heavy atom. The zero-order chi connectivity index (χ0) is 16.2. The third-order valence-corrected chi connectivity index (χ3v) is 2.98. The maximum absolute atomic E-state index is 12.1. The van der Waals surface area contributed by atoms with Crippen LogP contribution in [-0.4, -0.2) is 38.4 Å². The van der Waals surface area contributed by atoms with E-state index in [4.69, 9.17) is 9.47 Å². The number of methoxy groups -OCH3 is 1. The van der Waals surface area contributed by atoms with Crippen molar-refractivity contribution in [3.05, 3.63) is 35.9 Å². The molecule has 2 amide bonds. The molecule has 1 aromatic rings. The van der Waals surface area contributed by atoms with Crippen molar-refractivity contribution >= 4 is 12.0 Å². The van der Waals surface area contributed by atoms with Crippen LogP contribution in [0.4, 0.5) is 4.79 Å². The molecule has 0 aliphatic carbocycles. The fourth-order valence-electron chi connectivity index (χ4n) is 1.75. The average molecular weight is 308 g/mol. The zero-order valence-electron chi connectivity index (χ0n) is 13.1. The Morgan fingerprint density at radius 2 is 1.95 bits per heavy atom. The number of hydrogen-bond donors (Lipinski definition) is 2. The minimum atomic E-state index is -0.775. The zero-order valence-corrected chi connectivity index (χ0v) is 13.1. The van der Waals surface area contributed by atoms with E-state index in [-0.39, 0.29) is 12.5 Å². The molecule has 22 heavy (non-hydrogen) atoms. The van der Waals surface area contributed by atoms with Gasteiger partial charge in [0.15, 0.2) is 0 Å². The molecule has 0 aliphatic rings. The van der Waals surface area contributed by atoms with Crippen LogP contribution in [0.3, 0.4) is 0 Å². The molecule has 0 aliphatic heterocycles. The number of amides is 2. The Bertz CT molecular complexity index is 451. The Kier molecular flexibility index (Phi) is 8.67. The topological polar surface area (TPSA) is 76.7 Å². The molecular weight excluding hydrogens is 284 g/mol. The number of unbranched alkanes of at least 4 members (excludes halogenated alkanes) is 1. The highest BCUT2D eigenvalue weighted by molar-refractivity contribution is 5.85. The van der Waals surface area contributed by atoms with E-state index in [1.165, 1.54) is 7.11 Å². The van der Waals surface area contributed by atoms with E-state index in [9.17, 15) is 9.59 Å². The maximum Gasteiger partial charge on any atom is 0.407 e. The second-order valence-corrected chi connectivity index (χ2v) is 4.85. The van der Waals surface area contributed by atoms with E-state index in [0.717, 1.165) is 18.4 Å². The van der Waals surface area contributed by atoms with Gasteiger partial charge in [0.1, 0.15) is 6.04 Å². The molecule has 1 unspecified atom stereocenters. The number of hydrogen-bond acceptors (Lipinski definition) is 4. The fraction of sp³-hybridized carbons (Fsp3) is 0.500. The van der Waals surface area contributed by atoms with Gasteiger partial charge in [0.2, 0.25) is 5.91 Å². The molecule has 0 spiro atoms. The Morgan fingerprint density at radius 1 is 1.23 bits per heavy atom. The third-order valence-electron chi connectivity index (χ3n) is 2.98. The molecule has 1 atom stereocenters. The first-order chi connectivity index (χ1) is 10.7. The summed E-state index contributed by atoms with van der Waals surface area (Å²) >= 11 is 0. The average Bonchev–Trinajstić information content (AvgIpc) is 2.53. The van der Waals surface area contributed by atoms with E-state index >= 15 is 0 Å². The van der Waals surface area contributed by atoms with Crippen molar-refractivity contribution in [2.75, 3.05) is 20.3 Å². The Labute approximate surface area is 131 Å². The van der Waals surface area contributed by atoms with Crippen molar-refractivity contribution in [3.8, 4) is 0 Å². The summed E-state index contributed by atoms with van der Waals surface area (Å²) in [5.74, 6) is -0.307. The molecule has 1 aromatic carbocycles. The number of benzene rings is 1. The molecule has 0 fully saturated rings. The predicted octanol–water partition coefficient (Wildman–Crippen LogP) is 1.84. The highest BCUT2D eigenvalue weighted by Gasteiger charge is 2.21. The molecular formula is C16H24N2O4. The normalized spacial score (nSPS) is 11.5. The molecule has 122 valence electrons. The van der Waals surface area contributed by atoms with Gasteiger partial charge in [-0.1, -0.05) is 43.7 Å². The summed E-state index contributed by atoms with van der Waals surface area (Å²) in [6.45, 7) is 2.83. The van der Waals surface area contributed by atoms with Gasteiger partial charge in [-0.3, -0.25) is 4.79 Å². The molecule has 0 saturated carbocycles. The minimum absolute atomic E-state index is 0.0868. The lowest BCUT2D eigenvalue weighted by atomic mass is 10.2. The lowest BCUT2D eigenvalue weighted by molar-refractivity contribution is -0.124. The Hall–Kier alpha value is -2.08. The molecule has 6 heteroatoms. The number of alkyl carbamates (subject to hydrolysis) is 1. The fourth-order valence-corrected chi connectivity index (χ4v) is 1.75. The first kappa shape index (κ1) is 18.0. The van der Waals surface area contributed by atoms with Crippen molar-refractivity contribution in [3.63, 3.8) is 0 Å². The molecule has 0 radical (unpaired) electrons. The van der Waals surface area contributed by atoms with Crippen LogP contribution in [0.5, 0.6) is 0 Å². The number of ether oxygens (including phenoxy) is 2. The third kappa shape index (κ3) is 7.08. The lowest BCUT2D eigenvalue weighted by Gasteiger charge is -2.17. The molecule has 6 nitrogen and oxygen atoms in total. The van der Waals surface area contributed by atoms with Crippen LogP contribution >= 0.6 is 0 Å². The maximum atomic E-state index is 12.1. The van der Waals surface area contributed by atoms with Gasteiger partial charge in [-0.15, -0.1) is 0 Å². The second kappa shape index (κ2) is 10.6. The SMILES string of the molecule is CCCCOC(=O)NC(COC)C(=O)NCc1ccccc1. The summed E-state index contributed by atoms with van der Waals surface area (Å²) in [6, 6.07) is 8.76. The number of nitrogens with one attached hydrogen (secondary N) is 2. The van der Waals surface area contributed by atoms with E-state index in [0.29, 0.717) is 13.2 Å².